The van der Waals surface area contributed by atoms with Gasteiger partial charge in [0.2, 0.25) is 0 Å². The van der Waals surface area contributed by atoms with E-state index in [1.807, 2.05) is 83.4 Å². The summed E-state index contributed by atoms with van der Waals surface area (Å²) in [5, 5.41) is 2.94. The number of carbonyl (C=O) groups is 1. The molecule has 30 heavy (non-hydrogen) atoms. The zero-order valence-corrected chi connectivity index (χ0v) is 16.6. The second kappa shape index (κ2) is 7.46. The SMILES string of the molecule is O=C(Nc1ccc(-n2cnc3ccccc32)cc1)c1c[nH]c(=S)n1-c1ccccc1. The van der Waals surface area contributed by atoms with E-state index in [2.05, 4.69) is 15.3 Å². The van der Waals surface area contributed by atoms with Crippen LogP contribution in [0.15, 0.2) is 91.4 Å². The molecule has 5 rings (SSSR count). The minimum absolute atomic E-state index is 0.243. The van der Waals surface area contributed by atoms with Crippen molar-refractivity contribution in [2.45, 2.75) is 0 Å². The van der Waals surface area contributed by atoms with E-state index < -0.39 is 0 Å². The Morgan fingerprint density at radius 3 is 2.43 bits per heavy atom. The summed E-state index contributed by atoms with van der Waals surface area (Å²) >= 11 is 5.36. The number of para-hydroxylation sites is 3. The molecule has 2 N–H and O–H groups in total. The highest BCUT2D eigenvalue weighted by molar-refractivity contribution is 7.71. The monoisotopic (exact) mass is 411 g/mol. The lowest BCUT2D eigenvalue weighted by Gasteiger charge is -2.10. The Kier molecular flexibility index (Phi) is 4.49. The summed E-state index contributed by atoms with van der Waals surface area (Å²) in [7, 11) is 0. The lowest BCUT2D eigenvalue weighted by molar-refractivity contribution is 0.102. The molecule has 6 nitrogen and oxygen atoms in total. The van der Waals surface area contributed by atoms with E-state index in [-0.39, 0.29) is 5.91 Å². The fourth-order valence-electron chi connectivity index (χ4n) is 3.43. The Morgan fingerprint density at radius 2 is 1.63 bits per heavy atom. The van der Waals surface area contributed by atoms with E-state index >= 15 is 0 Å². The quantitative estimate of drug-likeness (QED) is 0.403. The minimum atomic E-state index is -0.243. The molecule has 7 heteroatoms. The molecular formula is C23H17N5OS. The van der Waals surface area contributed by atoms with E-state index in [1.165, 1.54) is 0 Å². The largest absolute Gasteiger partial charge is 0.336 e. The number of nitrogens with zero attached hydrogens (tertiary/aromatic N) is 3. The topological polar surface area (TPSA) is 67.6 Å². The molecule has 0 fully saturated rings. The number of nitrogens with one attached hydrogen (secondary N) is 2. The molecule has 5 aromatic rings. The Morgan fingerprint density at radius 1 is 0.900 bits per heavy atom. The highest BCUT2D eigenvalue weighted by Gasteiger charge is 2.14. The third-order valence-electron chi connectivity index (χ3n) is 4.88. The number of benzene rings is 3. The van der Waals surface area contributed by atoms with Crippen LogP contribution in [-0.2, 0) is 0 Å². The van der Waals surface area contributed by atoms with Crippen molar-refractivity contribution in [2.24, 2.45) is 0 Å². The molecule has 0 spiro atoms. The highest BCUT2D eigenvalue weighted by Crippen LogP contribution is 2.20. The first-order valence-electron chi connectivity index (χ1n) is 9.40. The summed E-state index contributed by atoms with van der Waals surface area (Å²) in [6.07, 6.45) is 3.42. The number of hydrogen-bond acceptors (Lipinski definition) is 3. The Labute approximate surface area is 177 Å². The predicted molar refractivity (Wildman–Crippen MR) is 120 cm³/mol. The molecule has 0 aliphatic carbocycles. The molecule has 146 valence electrons. The van der Waals surface area contributed by atoms with E-state index in [9.17, 15) is 4.79 Å². The Hall–Kier alpha value is -3.97. The van der Waals surface area contributed by atoms with Crippen molar-refractivity contribution >= 4 is 34.8 Å². The molecule has 3 aromatic carbocycles. The smallest absolute Gasteiger partial charge is 0.274 e. The van der Waals surface area contributed by atoms with E-state index in [1.54, 1.807) is 17.1 Å². The summed E-state index contributed by atoms with van der Waals surface area (Å²) in [6.45, 7) is 0. The fraction of sp³-hybridized carbons (Fsp3) is 0. The van der Waals surface area contributed by atoms with Gasteiger partial charge in [0.15, 0.2) is 4.77 Å². The number of rotatable bonds is 4. The van der Waals surface area contributed by atoms with Crippen LogP contribution in [0.1, 0.15) is 10.5 Å². The number of H-pyrrole nitrogens is 1. The van der Waals surface area contributed by atoms with Gasteiger partial charge >= 0.3 is 0 Å². The molecule has 0 aliphatic heterocycles. The van der Waals surface area contributed by atoms with Crippen LogP contribution in [0.3, 0.4) is 0 Å². The molecule has 1 amide bonds. The highest BCUT2D eigenvalue weighted by atomic mass is 32.1. The van der Waals surface area contributed by atoms with Crippen LogP contribution in [0.2, 0.25) is 0 Å². The van der Waals surface area contributed by atoms with E-state index in [4.69, 9.17) is 12.2 Å². The second-order valence-electron chi connectivity index (χ2n) is 6.75. The van der Waals surface area contributed by atoms with Gasteiger partial charge < -0.3 is 10.3 Å². The number of imidazole rings is 2. The average Bonchev–Trinajstić information content (AvgIpc) is 3.39. The maximum absolute atomic E-state index is 12.9. The molecule has 2 aromatic heterocycles. The summed E-state index contributed by atoms with van der Waals surface area (Å²) in [5.41, 5.74) is 4.90. The van der Waals surface area contributed by atoms with Gasteiger partial charge in [0, 0.05) is 23.3 Å². The zero-order valence-electron chi connectivity index (χ0n) is 15.8. The van der Waals surface area contributed by atoms with Gasteiger partial charge in [0.05, 0.1) is 11.0 Å². The lowest BCUT2D eigenvalue weighted by atomic mass is 10.2. The van der Waals surface area contributed by atoms with Crippen LogP contribution < -0.4 is 5.32 Å². The maximum atomic E-state index is 12.9. The van der Waals surface area contributed by atoms with Crippen LogP contribution in [0, 0.1) is 4.77 Å². The van der Waals surface area contributed by atoms with Crippen molar-refractivity contribution in [3.63, 3.8) is 0 Å². The zero-order chi connectivity index (χ0) is 20.5. The molecule has 2 heterocycles. The third kappa shape index (κ3) is 3.21. The predicted octanol–water partition coefficient (Wildman–Crippen LogP) is 5.13. The molecule has 0 saturated heterocycles. The number of aromatic amines is 1. The van der Waals surface area contributed by atoms with E-state index in [0.29, 0.717) is 16.2 Å². The minimum Gasteiger partial charge on any atom is -0.336 e. The molecule has 0 atom stereocenters. The van der Waals surface area contributed by atoms with Gasteiger partial charge in [-0.3, -0.25) is 13.9 Å². The Balaban J connectivity index is 1.41. The molecule has 0 bridgehead atoms. The van der Waals surface area contributed by atoms with Gasteiger partial charge in [0.25, 0.3) is 5.91 Å². The first-order valence-corrected chi connectivity index (χ1v) is 9.81. The van der Waals surface area contributed by atoms with Crippen LogP contribution in [-0.4, -0.2) is 25.0 Å². The van der Waals surface area contributed by atoms with Gasteiger partial charge in [-0.15, -0.1) is 0 Å². The standard InChI is InChI=1S/C23H17N5OS/c29-22(21-14-24-23(30)28(21)18-6-2-1-3-7-18)26-16-10-12-17(13-11-16)27-15-25-19-8-4-5-9-20(19)27/h1-15H,(H,24,30)(H,26,29). The number of fused-ring (bicyclic) bond motifs is 1. The normalized spacial score (nSPS) is 10.9. The van der Waals surface area contributed by atoms with Crippen LogP contribution in [0.4, 0.5) is 5.69 Å². The average molecular weight is 411 g/mol. The first kappa shape index (κ1) is 18.1. The summed E-state index contributed by atoms with van der Waals surface area (Å²) < 4.78 is 4.20. The van der Waals surface area contributed by atoms with Crippen molar-refractivity contribution < 1.29 is 4.79 Å². The molecule has 0 saturated carbocycles. The molecule has 0 unspecified atom stereocenters. The summed E-state index contributed by atoms with van der Waals surface area (Å²) in [6, 6.07) is 25.2. The van der Waals surface area contributed by atoms with Crippen molar-refractivity contribution in [1.82, 2.24) is 19.1 Å². The number of carbonyl (C=O) groups excluding carboxylic acids is 1. The summed E-state index contributed by atoms with van der Waals surface area (Å²) in [4.78, 5) is 20.3. The van der Waals surface area contributed by atoms with Crippen molar-refractivity contribution in [1.29, 1.82) is 0 Å². The third-order valence-corrected chi connectivity index (χ3v) is 5.18. The maximum Gasteiger partial charge on any atom is 0.274 e. The van der Waals surface area contributed by atoms with Gasteiger partial charge in [-0.1, -0.05) is 30.3 Å². The van der Waals surface area contributed by atoms with Gasteiger partial charge in [-0.25, -0.2) is 4.98 Å². The van der Waals surface area contributed by atoms with Gasteiger partial charge in [-0.2, -0.15) is 0 Å². The number of anilines is 1. The fourth-order valence-corrected chi connectivity index (χ4v) is 3.70. The molecule has 0 radical (unpaired) electrons. The number of aromatic nitrogens is 4. The van der Waals surface area contributed by atoms with Crippen molar-refractivity contribution in [2.75, 3.05) is 5.32 Å². The van der Waals surface area contributed by atoms with Crippen LogP contribution >= 0.6 is 12.2 Å². The van der Waals surface area contributed by atoms with Crippen molar-refractivity contribution in [3.05, 3.63) is 102 Å². The molecular weight excluding hydrogens is 394 g/mol. The lowest BCUT2D eigenvalue weighted by Crippen LogP contribution is -2.16. The van der Waals surface area contributed by atoms with Gasteiger partial charge in [0.1, 0.15) is 12.0 Å². The Bertz CT molecular complexity index is 1400. The summed E-state index contributed by atoms with van der Waals surface area (Å²) in [5.74, 6) is -0.243. The second-order valence-corrected chi connectivity index (χ2v) is 7.14. The number of amides is 1. The number of hydrogen-bond donors (Lipinski definition) is 2. The molecule has 0 aliphatic rings. The van der Waals surface area contributed by atoms with E-state index in [0.717, 1.165) is 22.4 Å². The van der Waals surface area contributed by atoms with Crippen LogP contribution in [0.5, 0.6) is 0 Å². The van der Waals surface area contributed by atoms with Crippen LogP contribution in [0.25, 0.3) is 22.4 Å². The van der Waals surface area contributed by atoms with Gasteiger partial charge in [-0.05, 0) is 60.7 Å². The first-order chi connectivity index (χ1) is 14.7. The van der Waals surface area contributed by atoms with Crippen molar-refractivity contribution in [3.8, 4) is 11.4 Å².